The molecule has 5 nitrogen and oxygen atoms in total. The van der Waals surface area contributed by atoms with Crippen molar-refractivity contribution in [1.29, 1.82) is 0 Å². The molecule has 2 aromatic heterocycles. The molecule has 3 aromatic rings. The minimum Gasteiger partial charge on any atom is -0.364 e. The molecular weight excluding hydrogens is 286 g/mol. The number of hydrogen-bond donors (Lipinski definition) is 2. The maximum absolute atomic E-state index is 5.86. The van der Waals surface area contributed by atoms with Crippen LogP contribution in [0.15, 0.2) is 48.8 Å². The summed E-state index contributed by atoms with van der Waals surface area (Å²) in [6.07, 6.45) is 3.65. The van der Waals surface area contributed by atoms with Crippen molar-refractivity contribution < 1.29 is 0 Å². The molecular formula is C18H19N5. The summed E-state index contributed by atoms with van der Waals surface area (Å²) in [5.41, 5.74) is 8.94. The molecule has 5 heteroatoms. The van der Waals surface area contributed by atoms with Crippen molar-refractivity contribution in [3.63, 3.8) is 0 Å². The summed E-state index contributed by atoms with van der Waals surface area (Å²) < 4.78 is 0. The maximum Gasteiger partial charge on any atom is 0.129 e. The number of nitrogens with two attached hydrogens (primary N) is 1. The van der Waals surface area contributed by atoms with Crippen LogP contribution in [0.4, 0.5) is 5.82 Å². The Morgan fingerprint density at radius 3 is 2.83 bits per heavy atom. The number of benzene rings is 1. The van der Waals surface area contributed by atoms with Gasteiger partial charge >= 0.3 is 0 Å². The van der Waals surface area contributed by atoms with Gasteiger partial charge in [0, 0.05) is 29.1 Å². The fraction of sp³-hybridized carbons (Fsp3) is 0.278. The number of anilines is 1. The second kappa shape index (κ2) is 5.93. The van der Waals surface area contributed by atoms with Crippen LogP contribution >= 0.6 is 0 Å². The number of rotatable bonds is 4. The molecule has 3 N–H and O–H groups in total. The molecule has 2 heterocycles. The third kappa shape index (κ3) is 3.00. The summed E-state index contributed by atoms with van der Waals surface area (Å²) in [6, 6.07) is 14.6. The number of fused-ring (bicyclic) bond motifs is 1. The highest BCUT2D eigenvalue weighted by molar-refractivity contribution is 5.78. The molecule has 1 aliphatic carbocycles. The summed E-state index contributed by atoms with van der Waals surface area (Å²) in [5.74, 6) is 1.32. The summed E-state index contributed by atoms with van der Waals surface area (Å²) in [7, 11) is 0. The number of nitrogens with one attached hydrogen (secondary N) is 1. The average Bonchev–Trinajstić information content (AvgIpc) is 2.57. The lowest BCUT2D eigenvalue weighted by atomic mass is 9.79. The molecule has 0 atom stereocenters. The van der Waals surface area contributed by atoms with Gasteiger partial charge in [0.05, 0.1) is 17.8 Å². The van der Waals surface area contributed by atoms with Crippen LogP contribution in [-0.2, 0) is 6.54 Å². The molecule has 0 unspecified atom stereocenters. The van der Waals surface area contributed by atoms with Crippen molar-refractivity contribution in [2.24, 2.45) is 5.73 Å². The van der Waals surface area contributed by atoms with Crippen molar-refractivity contribution in [1.82, 2.24) is 15.0 Å². The van der Waals surface area contributed by atoms with Gasteiger partial charge < -0.3 is 11.1 Å². The first-order chi connectivity index (χ1) is 11.3. The SMILES string of the molecule is NC1CC(c2cc(NCc3ccc4ccccc4n3)ncn2)C1. The highest BCUT2D eigenvalue weighted by Gasteiger charge is 2.28. The van der Waals surface area contributed by atoms with Gasteiger partial charge in [-0.1, -0.05) is 24.3 Å². The number of aromatic nitrogens is 3. The van der Waals surface area contributed by atoms with E-state index in [0.717, 1.165) is 41.0 Å². The van der Waals surface area contributed by atoms with Crippen molar-refractivity contribution in [3.8, 4) is 0 Å². The van der Waals surface area contributed by atoms with E-state index in [9.17, 15) is 0 Å². The van der Waals surface area contributed by atoms with Gasteiger partial charge in [-0.2, -0.15) is 0 Å². The van der Waals surface area contributed by atoms with Gasteiger partial charge in [0.15, 0.2) is 0 Å². The predicted octanol–water partition coefficient (Wildman–Crippen LogP) is 2.84. The first kappa shape index (κ1) is 14.1. The standard InChI is InChI=1S/C18H19N5/c19-14-7-13(8-14)17-9-18(22-11-21-17)20-10-15-6-5-12-3-1-2-4-16(12)23-15/h1-6,9,11,13-14H,7-8,10,19H2,(H,20,21,22). The fourth-order valence-corrected chi connectivity index (χ4v) is 2.98. The molecule has 23 heavy (non-hydrogen) atoms. The second-order valence-electron chi connectivity index (χ2n) is 6.11. The monoisotopic (exact) mass is 305 g/mol. The minimum absolute atomic E-state index is 0.327. The molecule has 1 fully saturated rings. The van der Waals surface area contributed by atoms with E-state index in [-0.39, 0.29) is 0 Å². The van der Waals surface area contributed by atoms with Crippen LogP contribution in [0.1, 0.15) is 30.1 Å². The van der Waals surface area contributed by atoms with Crippen molar-refractivity contribution in [3.05, 3.63) is 60.2 Å². The Hall–Kier alpha value is -2.53. The summed E-state index contributed by atoms with van der Waals surface area (Å²) in [6.45, 7) is 0.644. The topological polar surface area (TPSA) is 76.7 Å². The van der Waals surface area contributed by atoms with E-state index < -0.39 is 0 Å². The molecule has 0 spiro atoms. The highest BCUT2D eigenvalue weighted by atomic mass is 15.0. The lowest BCUT2D eigenvalue weighted by Crippen LogP contribution is -2.35. The summed E-state index contributed by atoms with van der Waals surface area (Å²) in [5, 5.41) is 4.49. The third-order valence-electron chi connectivity index (χ3n) is 4.39. The van der Waals surface area contributed by atoms with Crippen molar-refractivity contribution in [2.45, 2.75) is 31.3 Å². The van der Waals surface area contributed by atoms with E-state index in [1.165, 1.54) is 0 Å². The lowest BCUT2D eigenvalue weighted by molar-refractivity contribution is 0.345. The van der Waals surface area contributed by atoms with Crippen LogP contribution in [0.25, 0.3) is 10.9 Å². The first-order valence-electron chi connectivity index (χ1n) is 7.94. The highest BCUT2D eigenvalue weighted by Crippen LogP contribution is 2.34. The zero-order valence-electron chi connectivity index (χ0n) is 12.8. The molecule has 0 saturated heterocycles. The Morgan fingerprint density at radius 1 is 1.09 bits per heavy atom. The quantitative estimate of drug-likeness (QED) is 0.775. The van der Waals surface area contributed by atoms with Crippen LogP contribution in [0.2, 0.25) is 0 Å². The van der Waals surface area contributed by atoms with Gasteiger partial charge in [-0.05, 0) is 25.0 Å². The van der Waals surface area contributed by atoms with Crippen molar-refractivity contribution >= 4 is 16.7 Å². The molecule has 0 bridgehead atoms. The van der Waals surface area contributed by atoms with Gasteiger partial charge in [-0.15, -0.1) is 0 Å². The lowest BCUT2D eigenvalue weighted by Gasteiger charge is -2.31. The van der Waals surface area contributed by atoms with Crippen LogP contribution < -0.4 is 11.1 Å². The Balaban J connectivity index is 1.46. The van der Waals surface area contributed by atoms with E-state index in [2.05, 4.69) is 32.4 Å². The molecule has 1 aromatic carbocycles. The van der Waals surface area contributed by atoms with Gasteiger partial charge in [0.1, 0.15) is 12.1 Å². The Labute approximate surface area is 135 Å². The largest absolute Gasteiger partial charge is 0.364 e. The van der Waals surface area contributed by atoms with E-state index in [0.29, 0.717) is 18.5 Å². The van der Waals surface area contributed by atoms with Gasteiger partial charge in [-0.3, -0.25) is 4.98 Å². The predicted molar refractivity (Wildman–Crippen MR) is 91.1 cm³/mol. The van der Waals surface area contributed by atoms with E-state index in [1.54, 1.807) is 6.33 Å². The van der Waals surface area contributed by atoms with Crippen LogP contribution in [0.5, 0.6) is 0 Å². The van der Waals surface area contributed by atoms with Gasteiger partial charge in [0.25, 0.3) is 0 Å². The van der Waals surface area contributed by atoms with Crippen LogP contribution in [0, 0.1) is 0 Å². The molecule has 1 aliphatic rings. The summed E-state index contributed by atoms with van der Waals surface area (Å²) in [4.78, 5) is 13.3. The zero-order valence-corrected chi connectivity index (χ0v) is 12.8. The average molecular weight is 305 g/mol. The molecule has 1 saturated carbocycles. The molecule has 0 radical (unpaired) electrons. The molecule has 0 amide bonds. The van der Waals surface area contributed by atoms with Gasteiger partial charge in [0.2, 0.25) is 0 Å². The Bertz CT molecular complexity index is 826. The van der Waals surface area contributed by atoms with E-state index >= 15 is 0 Å². The number of para-hydroxylation sites is 1. The normalized spacial score (nSPS) is 20.2. The zero-order chi connectivity index (χ0) is 15.6. The Kier molecular flexibility index (Phi) is 3.63. The molecule has 116 valence electrons. The Morgan fingerprint density at radius 2 is 1.96 bits per heavy atom. The van der Waals surface area contributed by atoms with Crippen LogP contribution in [0.3, 0.4) is 0 Å². The van der Waals surface area contributed by atoms with Crippen LogP contribution in [-0.4, -0.2) is 21.0 Å². The number of nitrogens with zero attached hydrogens (tertiary/aromatic N) is 3. The molecule has 0 aliphatic heterocycles. The van der Waals surface area contributed by atoms with E-state index in [1.807, 2.05) is 30.3 Å². The third-order valence-corrected chi connectivity index (χ3v) is 4.39. The fourth-order valence-electron chi connectivity index (χ4n) is 2.98. The maximum atomic E-state index is 5.86. The van der Waals surface area contributed by atoms with Gasteiger partial charge in [-0.25, -0.2) is 9.97 Å². The van der Waals surface area contributed by atoms with E-state index in [4.69, 9.17) is 5.73 Å². The number of pyridine rings is 1. The van der Waals surface area contributed by atoms with Crippen molar-refractivity contribution in [2.75, 3.05) is 5.32 Å². The summed E-state index contributed by atoms with van der Waals surface area (Å²) >= 11 is 0. The second-order valence-corrected chi connectivity index (χ2v) is 6.11. The first-order valence-corrected chi connectivity index (χ1v) is 7.94. The molecule has 4 rings (SSSR count). The smallest absolute Gasteiger partial charge is 0.129 e. The number of hydrogen-bond acceptors (Lipinski definition) is 5. The minimum atomic E-state index is 0.327.